The lowest BCUT2D eigenvalue weighted by Gasteiger charge is -2.18. The lowest BCUT2D eigenvalue weighted by molar-refractivity contribution is -0.167. The van der Waals surface area contributed by atoms with E-state index in [9.17, 15) is 14.4 Å². The number of esters is 3. The third-order valence-electron chi connectivity index (χ3n) is 13.2. The molecule has 0 aromatic rings. The normalized spacial score (nSPS) is 12.1. The summed E-state index contributed by atoms with van der Waals surface area (Å²) in [7, 11) is 0. The Bertz CT molecular complexity index is 1070. The first-order valence-corrected chi connectivity index (χ1v) is 29.4. The van der Waals surface area contributed by atoms with Gasteiger partial charge in [-0.3, -0.25) is 14.4 Å². The fraction of sp³-hybridized carbons (Fsp3) is 0.883. The molecule has 6 heteroatoms. The fourth-order valence-corrected chi connectivity index (χ4v) is 8.79. The number of carbonyl (C=O) groups excluding carboxylic acids is 3. The van der Waals surface area contributed by atoms with Crippen molar-refractivity contribution in [2.24, 2.45) is 0 Å². The molecule has 0 rings (SSSR count). The smallest absolute Gasteiger partial charge is 0.306 e. The Hall–Kier alpha value is -2.11. The zero-order valence-corrected chi connectivity index (χ0v) is 44.5. The molecule has 0 aliphatic carbocycles. The van der Waals surface area contributed by atoms with Gasteiger partial charge in [-0.2, -0.15) is 0 Å². The maximum atomic E-state index is 12.8. The van der Waals surface area contributed by atoms with Gasteiger partial charge in [0, 0.05) is 19.3 Å². The molecule has 0 aromatic carbocycles. The van der Waals surface area contributed by atoms with Crippen LogP contribution in [0.15, 0.2) is 24.3 Å². The Morgan fingerprint density at radius 1 is 0.303 bits per heavy atom. The van der Waals surface area contributed by atoms with Gasteiger partial charge < -0.3 is 14.2 Å². The van der Waals surface area contributed by atoms with E-state index in [-0.39, 0.29) is 31.1 Å². The van der Waals surface area contributed by atoms with E-state index in [0.717, 1.165) is 57.8 Å². The molecule has 0 amide bonds. The molecule has 0 aliphatic heterocycles. The number of rotatable bonds is 54. The minimum absolute atomic E-state index is 0.0663. The van der Waals surface area contributed by atoms with E-state index in [1.807, 2.05) is 0 Å². The highest BCUT2D eigenvalue weighted by Crippen LogP contribution is 2.17. The number of unbranched alkanes of at least 4 members (excludes halogenated alkanes) is 40. The highest BCUT2D eigenvalue weighted by molar-refractivity contribution is 5.71. The minimum atomic E-state index is -0.767. The van der Waals surface area contributed by atoms with Crippen molar-refractivity contribution in [2.45, 2.75) is 329 Å². The molecule has 0 fully saturated rings. The van der Waals surface area contributed by atoms with Crippen LogP contribution in [0.5, 0.6) is 0 Å². The largest absolute Gasteiger partial charge is 0.462 e. The molecule has 1 atom stereocenters. The Morgan fingerprint density at radius 2 is 0.530 bits per heavy atom. The van der Waals surface area contributed by atoms with Gasteiger partial charge in [-0.15, -0.1) is 0 Å². The van der Waals surface area contributed by atoms with E-state index in [0.29, 0.717) is 19.3 Å². The summed E-state index contributed by atoms with van der Waals surface area (Å²) in [5.74, 6) is -0.847. The van der Waals surface area contributed by atoms with Crippen LogP contribution in [-0.2, 0) is 28.6 Å². The van der Waals surface area contributed by atoms with Crippen molar-refractivity contribution in [1.82, 2.24) is 0 Å². The summed E-state index contributed by atoms with van der Waals surface area (Å²) in [6.45, 7) is 6.66. The summed E-state index contributed by atoms with van der Waals surface area (Å²) in [5.41, 5.74) is 0. The number of hydrogen-bond acceptors (Lipinski definition) is 6. The van der Waals surface area contributed by atoms with Gasteiger partial charge in [-0.1, -0.05) is 283 Å². The first kappa shape index (κ1) is 63.9. The zero-order chi connectivity index (χ0) is 47.9. The van der Waals surface area contributed by atoms with Gasteiger partial charge in [0.05, 0.1) is 0 Å². The second kappa shape index (κ2) is 55.5. The van der Waals surface area contributed by atoms with Crippen LogP contribution in [0.2, 0.25) is 0 Å². The Labute approximate surface area is 411 Å². The van der Waals surface area contributed by atoms with Gasteiger partial charge in [-0.25, -0.2) is 0 Å². The van der Waals surface area contributed by atoms with Crippen molar-refractivity contribution in [3.05, 3.63) is 24.3 Å². The highest BCUT2D eigenvalue weighted by Gasteiger charge is 2.19. The molecule has 0 radical (unpaired) electrons. The standard InChI is InChI=1S/C60H112O6/c1-4-7-10-13-16-19-22-25-28-29-30-31-33-35-38-41-44-47-50-53-59(62)65-56-57(55-64-58(61)52-49-46-43-40-37-34-27-24-21-18-15-12-9-6-3)66-60(63)54-51-48-45-42-39-36-32-26-23-20-17-14-11-8-5-2/h16,19,22,25,57H,4-15,17-18,20-21,23-24,26-56H2,1-3H3/b19-16-,25-22-. The van der Waals surface area contributed by atoms with E-state index >= 15 is 0 Å². The first-order chi connectivity index (χ1) is 32.5. The van der Waals surface area contributed by atoms with Gasteiger partial charge in [0.15, 0.2) is 6.10 Å². The zero-order valence-electron chi connectivity index (χ0n) is 44.5. The molecule has 0 saturated carbocycles. The monoisotopic (exact) mass is 929 g/mol. The van der Waals surface area contributed by atoms with Crippen LogP contribution >= 0.6 is 0 Å². The molecular formula is C60H112O6. The number of ether oxygens (including phenoxy) is 3. The quantitative estimate of drug-likeness (QED) is 0.0262. The van der Waals surface area contributed by atoms with E-state index in [4.69, 9.17) is 14.2 Å². The van der Waals surface area contributed by atoms with Crippen LogP contribution in [0.4, 0.5) is 0 Å². The highest BCUT2D eigenvalue weighted by atomic mass is 16.6. The second-order valence-electron chi connectivity index (χ2n) is 20.0. The average molecular weight is 930 g/mol. The predicted octanol–water partition coefficient (Wildman–Crippen LogP) is 19.5. The van der Waals surface area contributed by atoms with Gasteiger partial charge in [0.2, 0.25) is 0 Å². The third-order valence-corrected chi connectivity index (χ3v) is 13.2. The molecule has 0 N–H and O–H groups in total. The maximum absolute atomic E-state index is 12.8. The first-order valence-electron chi connectivity index (χ1n) is 29.4. The summed E-state index contributed by atoms with van der Waals surface area (Å²) in [5, 5.41) is 0. The Morgan fingerprint density at radius 3 is 0.833 bits per heavy atom. The van der Waals surface area contributed by atoms with Crippen LogP contribution in [-0.4, -0.2) is 37.2 Å². The van der Waals surface area contributed by atoms with Crippen LogP contribution in [0.3, 0.4) is 0 Å². The average Bonchev–Trinajstić information content (AvgIpc) is 3.31. The summed E-state index contributed by atoms with van der Waals surface area (Å²) in [4.78, 5) is 38.2. The predicted molar refractivity (Wildman–Crippen MR) is 284 cm³/mol. The van der Waals surface area contributed by atoms with Crippen molar-refractivity contribution in [3.63, 3.8) is 0 Å². The minimum Gasteiger partial charge on any atom is -0.462 e. The van der Waals surface area contributed by atoms with Gasteiger partial charge in [0.25, 0.3) is 0 Å². The van der Waals surface area contributed by atoms with Crippen LogP contribution in [0.25, 0.3) is 0 Å². The molecule has 0 bridgehead atoms. The van der Waals surface area contributed by atoms with Gasteiger partial charge in [-0.05, 0) is 44.9 Å². The SMILES string of the molecule is CCCCC/C=C\C=C/CCCCCCCCCCCCC(=O)OCC(COC(=O)CCCCCCCCCCCCCCCC)OC(=O)CCCCCCCCCCCCCCCCC. The summed E-state index contributed by atoms with van der Waals surface area (Å²) in [6.07, 6.45) is 64.5. The van der Waals surface area contributed by atoms with E-state index in [2.05, 4.69) is 45.1 Å². The van der Waals surface area contributed by atoms with Gasteiger partial charge in [0.1, 0.15) is 13.2 Å². The summed E-state index contributed by atoms with van der Waals surface area (Å²) < 4.78 is 16.9. The maximum Gasteiger partial charge on any atom is 0.306 e. The Kier molecular flexibility index (Phi) is 53.7. The van der Waals surface area contributed by atoms with Gasteiger partial charge >= 0.3 is 17.9 Å². The molecule has 0 heterocycles. The molecule has 388 valence electrons. The Balaban J connectivity index is 4.31. The van der Waals surface area contributed by atoms with Crippen molar-refractivity contribution >= 4 is 17.9 Å². The molecular weight excluding hydrogens is 817 g/mol. The van der Waals surface area contributed by atoms with Crippen molar-refractivity contribution in [3.8, 4) is 0 Å². The number of hydrogen-bond donors (Lipinski definition) is 0. The molecule has 66 heavy (non-hydrogen) atoms. The molecule has 0 aliphatic rings. The topological polar surface area (TPSA) is 78.9 Å². The molecule has 0 spiro atoms. The van der Waals surface area contributed by atoms with Crippen molar-refractivity contribution in [2.75, 3.05) is 13.2 Å². The van der Waals surface area contributed by atoms with E-state index in [1.165, 1.54) is 225 Å². The van der Waals surface area contributed by atoms with Crippen LogP contribution < -0.4 is 0 Å². The van der Waals surface area contributed by atoms with Crippen LogP contribution in [0.1, 0.15) is 323 Å². The van der Waals surface area contributed by atoms with E-state index < -0.39 is 6.10 Å². The fourth-order valence-electron chi connectivity index (χ4n) is 8.79. The molecule has 0 aromatic heterocycles. The van der Waals surface area contributed by atoms with Crippen molar-refractivity contribution in [1.29, 1.82) is 0 Å². The number of allylic oxidation sites excluding steroid dienone is 4. The van der Waals surface area contributed by atoms with E-state index in [1.54, 1.807) is 0 Å². The van der Waals surface area contributed by atoms with Crippen LogP contribution in [0, 0.1) is 0 Å². The lowest BCUT2D eigenvalue weighted by atomic mass is 10.0. The summed E-state index contributed by atoms with van der Waals surface area (Å²) >= 11 is 0. The molecule has 6 nitrogen and oxygen atoms in total. The van der Waals surface area contributed by atoms with Crippen molar-refractivity contribution < 1.29 is 28.6 Å². The molecule has 1 unspecified atom stereocenters. The number of carbonyl (C=O) groups is 3. The third kappa shape index (κ3) is 52.9. The summed E-state index contributed by atoms with van der Waals surface area (Å²) in [6, 6.07) is 0. The molecule has 0 saturated heterocycles. The lowest BCUT2D eigenvalue weighted by Crippen LogP contribution is -2.30. The second-order valence-corrected chi connectivity index (χ2v) is 20.0.